The standard InChI is InChI=1S/C6H4Cl4N2.ClH/c7-2-1-3(8)6(12-11)5(10)4(2)9;/h1,12H,11H2;1H. The van der Waals surface area contributed by atoms with Gasteiger partial charge in [0.1, 0.15) is 0 Å². The van der Waals surface area contributed by atoms with Gasteiger partial charge in [-0.15, -0.1) is 12.4 Å². The molecule has 2 nitrogen and oxygen atoms in total. The molecule has 0 amide bonds. The van der Waals surface area contributed by atoms with Crippen LogP contribution in [0.15, 0.2) is 6.07 Å². The number of rotatable bonds is 1. The molecule has 0 atom stereocenters. The quantitative estimate of drug-likeness (QED) is 0.353. The van der Waals surface area contributed by atoms with Crippen molar-refractivity contribution in [3.05, 3.63) is 26.2 Å². The second-order valence-electron chi connectivity index (χ2n) is 1.99. The summed E-state index contributed by atoms with van der Waals surface area (Å²) in [5, 5.41) is 1.08. The van der Waals surface area contributed by atoms with Crippen LogP contribution in [0.5, 0.6) is 0 Å². The van der Waals surface area contributed by atoms with Crippen molar-refractivity contribution in [2.24, 2.45) is 5.84 Å². The molecule has 1 rings (SSSR count). The van der Waals surface area contributed by atoms with Gasteiger partial charge in [-0.2, -0.15) is 0 Å². The van der Waals surface area contributed by atoms with Crippen LogP contribution in [-0.2, 0) is 0 Å². The first-order valence-electron chi connectivity index (χ1n) is 2.87. The van der Waals surface area contributed by atoms with Crippen molar-refractivity contribution in [3.63, 3.8) is 0 Å². The van der Waals surface area contributed by atoms with E-state index < -0.39 is 0 Å². The molecule has 0 aromatic heterocycles. The van der Waals surface area contributed by atoms with Gasteiger partial charge in [0.05, 0.1) is 25.8 Å². The molecule has 1 aromatic rings. The van der Waals surface area contributed by atoms with Gasteiger partial charge >= 0.3 is 0 Å². The van der Waals surface area contributed by atoms with Crippen LogP contribution in [0, 0.1) is 0 Å². The monoisotopic (exact) mass is 280 g/mol. The van der Waals surface area contributed by atoms with Crippen molar-refractivity contribution in [1.82, 2.24) is 0 Å². The molecule has 13 heavy (non-hydrogen) atoms. The minimum absolute atomic E-state index is 0. The van der Waals surface area contributed by atoms with Gasteiger partial charge in [-0.1, -0.05) is 46.4 Å². The molecule has 0 unspecified atom stereocenters. The minimum atomic E-state index is 0. The lowest BCUT2D eigenvalue weighted by Gasteiger charge is -2.08. The van der Waals surface area contributed by atoms with E-state index in [1.54, 1.807) is 0 Å². The first-order chi connectivity index (χ1) is 5.57. The molecule has 0 aliphatic carbocycles. The molecule has 7 heteroatoms. The molecule has 0 bridgehead atoms. The highest BCUT2D eigenvalue weighted by molar-refractivity contribution is 6.51. The molecule has 0 radical (unpaired) electrons. The first-order valence-corrected chi connectivity index (χ1v) is 4.38. The van der Waals surface area contributed by atoms with Crippen LogP contribution < -0.4 is 11.3 Å². The van der Waals surface area contributed by atoms with Gasteiger partial charge in [0.2, 0.25) is 0 Å². The molecule has 0 aliphatic heterocycles. The summed E-state index contributed by atoms with van der Waals surface area (Å²) < 4.78 is 0. The van der Waals surface area contributed by atoms with Crippen LogP contribution >= 0.6 is 58.8 Å². The van der Waals surface area contributed by atoms with Crippen LogP contribution in [0.3, 0.4) is 0 Å². The van der Waals surface area contributed by atoms with Gasteiger partial charge in [-0.05, 0) is 6.07 Å². The fourth-order valence-corrected chi connectivity index (χ4v) is 1.72. The van der Waals surface area contributed by atoms with Gasteiger partial charge in [0.25, 0.3) is 0 Å². The number of nitrogen functional groups attached to an aromatic ring is 1. The summed E-state index contributed by atoms with van der Waals surface area (Å²) in [6.07, 6.45) is 0. The third-order valence-corrected chi connectivity index (χ3v) is 2.82. The SMILES string of the molecule is Cl.NNc1c(Cl)cc(Cl)c(Cl)c1Cl. The predicted octanol–water partition coefficient (Wildman–Crippen LogP) is 4.01. The molecular formula is C6H5Cl5N2. The van der Waals surface area contributed by atoms with Crippen LogP contribution in [0.25, 0.3) is 0 Å². The third kappa shape index (κ3) is 2.69. The first kappa shape index (κ1) is 13.4. The predicted molar refractivity (Wildman–Crippen MR) is 61.5 cm³/mol. The van der Waals surface area contributed by atoms with Crippen LogP contribution in [-0.4, -0.2) is 0 Å². The maximum absolute atomic E-state index is 5.76. The van der Waals surface area contributed by atoms with Crippen LogP contribution in [0.1, 0.15) is 0 Å². The molecule has 0 saturated carbocycles. The molecule has 0 heterocycles. The van der Waals surface area contributed by atoms with Crippen molar-refractivity contribution in [3.8, 4) is 0 Å². The van der Waals surface area contributed by atoms with E-state index in [4.69, 9.17) is 52.2 Å². The van der Waals surface area contributed by atoms with Crippen molar-refractivity contribution in [1.29, 1.82) is 0 Å². The van der Waals surface area contributed by atoms with Crippen molar-refractivity contribution >= 4 is 64.5 Å². The summed E-state index contributed by atoms with van der Waals surface area (Å²) in [6, 6.07) is 1.46. The molecule has 0 spiro atoms. The molecule has 0 saturated heterocycles. The summed E-state index contributed by atoms with van der Waals surface area (Å²) in [5.74, 6) is 5.15. The van der Waals surface area contributed by atoms with Gasteiger partial charge in [-0.3, -0.25) is 5.84 Å². The Morgan fingerprint density at radius 1 is 1.00 bits per heavy atom. The maximum Gasteiger partial charge on any atom is 0.0877 e. The van der Waals surface area contributed by atoms with Crippen molar-refractivity contribution in [2.45, 2.75) is 0 Å². The summed E-state index contributed by atoms with van der Waals surface area (Å²) in [7, 11) is 0. The number of benzene rings is 1. The fourth-order valence-electron chi connectivity index (χ4n) is 0.699. The van der Waals surface area contributed by atoms with Gasteiger partial charge < -0.3 is 5.43 Å². The van der Waals surface area contributed by atoms with E-state index in [0.717, 1.165) is 0 Å². The minimum Gasteiger partial charge on any atom is -0.321 e. The Labute approximate surface area is 102 Å². The average molecular weight is 282 g/mol. The number of nitrogens with one attached hydrogen (secondary N) is 1. The number of hydrogen-bond donors (Lipinski definition) is 2. The van der Waals surface area contributed by atoms with E-state index >= 15 is 0 Å². The van der Waals surface area contributed by atoms with Gasteiger partial charge in [0, 0.05) is 0 Å². The zero-order valence-corrected chi connectivity index (χ0v) is 9.92. The number of anilines is 1. The molecule has 74 valence electrons. The Bertz CT molecular complexity index is 314. The van der Waals surface area contributed by atoms with E-state index in [1.165, 1.54) is 6.07 Å². The molecule has 3 N–H and O–H groups in total. The number of hydrazine groups is 1. The zero-order chi connectivity index (χ0) is 9.30. The van der Waals surface area contributed by atoms with Crippen molar-refractivity contribution in [2.75, 3.05) is 5.43 Å². The Hall–Kier alpha value is 0.430. The van der Waals surface area contributed by atoms with Gasteiger partial charge in [0.15, 0.2) is 0 Å². The average Bonchev–Trinajstić information content (AvgIpc) is 2.01. The van der Waals surface area contributed by atoms with E-state index in [0.29, 0.717) is 15.7 Å². The second kappa shape index (κ2) is 5.35. The number of hydrogen-bond acceptors (Lipinski definition) is 2. The second-order valence-corrected chi connectivity index (χ2v) is 3.56. The van der Waals surface area contributed by atoms with Gasteiger partial charge in [-0.25, -0.2) is 0 Å². The van der Waals surface area contributed by atoms with E-state index in [-0.39, 0.29) is 22.5 Å². The highest BCUT2D eigenvalue weighted by Crippen LogP contribution is 2.40. The lowest BCUT2D eigenvalue weighted by atomic mass is 10.3. The molecule has 0 aliphatic rings. The Morgan fingerprint density at radius 2 is 1.54 bits per heavy atom. The number of nitrogens with two attached hydrogens (primary N) is 1. The highest BCUT2D eigenvalue weighted by atomic mass is 35.5. The third-order valence-electron chi connectivity index (χ3n) is 1.26. The fraction of sp³-hybridized carbons (Fsp3) is 0. The Balaban J connectivity index is 0.00000144. The molecular weight excluding hydrogens is 277 g/mol. The van der Waals surface area contributed by atoms with E-state index in [1.807, 2.05) is 0 Å². The molecule has 1 aromatic carbocycles. The Kier molecular flexibility index (Phi) is 5.52. The summed E-state index contributed by atoms with van der Waals surface area (Å²) >= 11 is 22.9. The normalized spacial score (nSPS) is 9.31. The van der Waals surface area contributed by atoms with Crippen molar-refractivity contribution < 1.29 is 0 Å². The van der Waals surface area contributed by atoms with E-state index in [9.17, 15) is 0 Å². The Morgan fingerprint density at radius 3 is 2.00 bits per heavy atom. The zero-order valence-electron chi connectivity index (χ0n) is 6.07. The summed E-state index contributed by atoms with van der Waals surface area (Å²) in [4.78, 5) is 0. The van der Waals surface area contributed by atoms with Crippen LogP contribution in [0.2, 0.25) is 20.1 Å². The van der Waals surface area contributed by atoms with E-state index in [2.05, 4.69) is 5.43 Å². The maximum atomic E-state index is 5.76. The number of halogens is 5. The van der Waals surface area contributed by atoms with Crippen LogP contribution in [0.4, 0.5) is 5.69 Å². The molecule has 0 fully saturated rings. The summed E-state index contributed by atoms with van der Waals surface area (Å²) in [5.41, 5.74) is 2.69. The lowest BCUT2D eigenvalue weighted by molar-refractivity contribution is 1.35. The summed E-state index contributed by atoms with van der Waals surface area (Å²) in [6.45, 7) is 0. The lowest BCUT2D eigenvalue weighted by Crippen LogP contribution is -2.07. The topological polar surface area (TPSA) is 38.0 Å². The largest absolute Gasteiger partial charge is 0.321 e. The highest BCUT2D eigenvalue weighted by Gasteiger charge is 2.12. The smallest absolute Gasteiger partial charge is 0.0877 e.